The highest BCUT2D eigenvalue weighted by Gasteiger charge is 2.18. The molecule has 0 aliphatic carbocycles. The average molecular weight is 297 g/mol. The molecule has 0 spiro atoms. The minimum absolute atomic E-state index is 0. The van der Waals surface area contributed by atoms with Crippen molar-refractivity contribution >= 4 is 12.4 Å². The summed E-state index contributed by atoms with van der Waals surface area (Å²) in [7, 11) is 2.06. The van der Waals surface area contributed by atoms with Crippen molar-refractivity contribution in [3.05, 3.63) is 42.5 Å². The molecule has 1 aromatic carbocycles. The summed E-state index contributed by atoms with van der Waals surface area (Å²) < 4.78 is 5.49. The second kappa shape index (κ2) is 9.01. The van der Waals surface area contributed by atoms with Gasteiger partial charge in [0.25, 0.3) is 0 Å². The van der Waals surface area contributed by atoms with Crippen molar-refractivity contribution < 1.29 is 4.74 Å². The molecule has 20 heavy (non-hydrogen) atoms. The van der Waals surface area contributed by atoms with Gasteiger partial charge in [-0.25, -0.2) is 0 Å². The summed E-state index contributed by atoms with van der Waals surface area (Å²) in [6, 6.07) is 9.03. The van der Waals surface area contributed by atoms with E-state index in [9.17, 15) is 0 Å². The Morgan fingerprint density at radius 1 is 1.40 bits per heavy atom. The van der Waals surface area contributed by atoms with Gasteiger partial charge < -0.3 is 10.1 Å². The molecule has 0 aromatic heterocycles. The molecule has 2 rings (SSSR count). The first kappa shape index (κ1) is 17.0. The van der Waals surface area contributed by atoms with Crippen LogP contribution < -0.4 is 10.1 Å². The summed E-state index contributed by atoms with van der Waals surface area (Å²) in [6.07, 6.45) is 4.34. The molecule has 1 atom stereocenters. The number of benzene rings is 1. The first-order chi connectivity index (χ1) is 9.31. The van der Waals surface area contributed by atoms with Gasteiger partial charge in [0.15, 0.2) is 0 Å². The van der Waals surface area contributed by atoms with Crippen molar-refractivity contribution in [3.63, 3.8) is 0 Å². The maximum absolute atomic E-state index is 5.49. The molecule has 0 bridgehead atoms. The molecule has 1 aromatic rings. The van der Waals surface area contributed by atoms with Crippen LogP contribution in [0.3, 0.4) is 0 Å². The average Bonchev–Trinajstić information content (AvgIpc) is 2.47. The Morgan fingerprint density at radius 2 is 2.15 bits per heavy atom. The molecule has 1 aliphatic rings. The standard InChI is InChI=1S/C16H24N2O.ClH/c1-3-11-19-16-8-6-14(7-9-16)12-18-10-4-5-15(13-18)17-2;/h3,6-9,15,17H,1,4-5,10-13H2,2H3;1H. The van der Waals surface area contributed by atoms with Crippen LogP contribution in [-0.4, -0.2) is 37.7 Å². The predicted octanol–water partition coefficient (Wildman–Crippen LogP) is 2.86. The lowest BCUT2D eigenvalue weighted by molar-refractivity contribution is 0.188. The van der Waals surface area contributed by atoms with Crippen LogP contribution in [-0.2, 0) is 6.54 Å². The number of rotatable bonds is 6. The lowest BCUT2D eigenvalue weighted by atomic mass is 10.1. The van der Waals surface area contributed by atoms with E-state index >= 15 is 0 Å². The fourth-order valence-electron chi connectivity index (χ4n) is 2.54. The fraction of sp³-hybridized carbons (Fsp3) is 0.500. The number of hydrogen-bond acceptors (Lipinski definition) is 3. The van der Waals surface area contributed by atoms with Gasteiger partial charge >= 0.3 is 0 Å². The number of ether oxygens (including phenoxy) is 1. The third kappa shape index (κ3) is 5.16. The molecule has 4 heteroatoms. The van der Waals surface area contributed by atoms with Gasteiger partial charge in [-0.05, 0) is 44.1 Å². The number of piperidine rings is 1. The maximum Gasteiger partial charge on any atom is 0.119 e. The number of hydrogen-bond donors (Lipinski definition) is 1. The van der Waals surface area contributed by atoms with Gasteiger partial charge in [0.2, 0.25) is 0 Å². The number of nitrogens with zero attached hydrogens (tertiary/aromatic N) is 1. The second-order valence-electron chi connectivity index (χ2n) is 5.11. The summed E-state index contributed by atoms with van der Waals surface area (Å²) >= 11 is 0. The third-order valence-corrected chi connectivity index (χ3v) is 3.61. The summed E-state index contributed by atoms with van der Waals surface area (Å²) in [5, 5.41) is 3.38. The van der Waals surface area contributed by atoms with Crippen LogP contribution in [0.5, 0.6) is 5.75 Å². The lowest BCUT2D eigenvalue weighted by Gasteiger charge is -2.32. The van der Waals surface area contributed by atoms with Crippen molar-refractivity contribution in [2.24, 2.45) is 0 Å². The van der Waals surface area contributed by atoms with E-state index in [2.05, 4.69) is 36.0 Å². The molecular formula is C16H25ClN2O. The van der Waals surface area contributed by atoms with Gasteiger partial charge in [0.05, 0.1) is 0 Å². The molecule has 0 saturated carbocycles. The van der Waals surface area contributed by atoms with E-state index in [1.54, 1.807) is 6.08 Å². The molecule has 1 saturated heterocycles. The smallest absolute Gasteiger partial charge is 0.119 e. The molecule has 1 unspecified atom stereocenters. The van der Waals surface area contributed by atoms with E-state index in [0.29, 0.717) is 12.6 Å². The maximum atomic E-state index is 5.49. The normalized spacial score (nSPS) is 19.1. The van der Waals surface area contributed by atoms with Crippen LogP contribution in [0.2, 0.25) is 0 Å². The zero-order valence-corrected chi connectivity index (χ0v) is 13.0. The number of nitrogens with one attached hydrogen (secondary N) is 1. The van der Waals surface area contributed by atoms with Crippen molar-refractivity contribution in [2.75, 3.05) is 26.7 Å². The largest absolute Gasteiger partial charge is 0.490 e. The molecule has 0 radical (unpaired) electrons. The van der Waals surface area contributed by atoms with Gasteiger partial charge in [0.1, 0.15) is 12.4 Å². The molecule has 1 heterocycles. The quantitative estimate of drug-likeness (QED) is 0.817. The molecule has 1 N–H and O–H groups in total. The monoisotopic (exact) mass is 296 g/mol. The molecule has 1 fully saturated rings. The summed E-state index contributed by atoms with van der Waals surface area (Å²) in [6.45, 7) is 7.59. The van der Waals surface area contributed by atoms with Crippen LogP contribution in [0.15, 0.2) is 36.9 Å². The van der Waals surface area contributed by atoms with Gasteiger partial charge in [-0.2, -0.15) is 0 Å². The zero-order chi connectivity index (χ0) is 13.5. The van der Waals surface area contributed by atoms with E-state index in [1.165, 1.54) is 24.9 Å². The van der Waals surface area contributed by atoms with Crippen molar-refractivity contribution in [2.45, 2.75) is 25.4 Å². The van der Waals surface area contributed by atoms with Gasteiger partial charge in [-0.1, -0.05) is 24.8 Å². The van der Waals surface area contributed by atoms with Gasteiger partial charge in [-0.3, -0.25) is 4.90 Å². The third-order valence-electron chi connectivity index (χ3n) is 3.61. The summed E-state index contributed by atoms with van der Waals surface area (Å²) in [5.41, 5.74) is 1.35. The first-order valence-electron chi connectivity index (χ1n) is 7.04. The number of likely N-dealkylation sites (N-methyl/N-ethyl adjacent to an activating group) is 1. The molecule has 112 valence electrons. The Bertz CT molecular complexity index is 394. The Kier molecular flexibility index (Phi) is 7.67. The van der Waals surface area contributed by atoms with E-state index in [-0.39, 0.29) is 12.4 Å². The van der Waals surface area contributed by atoms with Crippen molar-refractivity contribution in [1.29, 1.82) is 0 Å². The fourth-order valence-corrected chi connectivity index (χ4v) is 2.54. The van der Waals surface area contributed by atoms with E-state index in [4.69, 9.17) is 4.74 Å². The van der Waals surface area contributed by atoms with E-state index in [0.717, 1.165) is 18.8 Å². The Morgan fingerprint density at radius 3 is 2.80 bits per heavy atom. The molecule has 3 nitrogen and oxygen atoms in total. The Balaban J connectivity index is 0.00000200. The molecular weight excluding hydrogens is 272 g/mol. The Hall–Kier alpha value is -1.03. The highest BCUT2D eigenvalue weighted by atomic mass is 35.5. The zero-order valence-electron chi connectivity index (χ0n) is 12.2. The van der Waals surface area contributed by atoms with E-state index < -0.39 is 0 Å². The van der Waals surface area contributed by atoms with Crippen LogP contribution in [0.4, 0.5) is 0 Å². The highest BCUT2D eigenvalue weighted by molar-refractivity contribution is 5.85. The lowest BCUT2D eigenvalue weighted by Crippen LogP contribution is -2.43. The highest BCUT2D eigenvalue weighted by Crippen LogP contribution is 2.16. The summed E-state index contributed by atoms with van der Waals surface area (Å²) in [5.74, 6) is 0.912. The number of halogens is 1. The minimum atomic E-state index is 0. The van der Waals surface area contributed by atoms with E-state index in [1.807, 2.05) is 12.1 Å². The van der Waals surface area contributed by atoms with Crippen LogP contribution in [0.1, 0.15) is 18.4 Å². The van der Waals surface area contributed by atoms with Gasteiger partial charge in [0, 0.05) is 19.1 Å². The number of likely N-dealkylation sites (tertiary alicyclic amines) is 1. The van der Waals surface area contributed by atoms with Crippen molar-refractivity contribution in [3.8, 4) is 5.75 Å². The second-order valence-corrected chi connectivity index (χ2v) is 5.11. The SMILES string of the molecule is C=CCOc1ccc(CN2CCCC(NC)C2)cc1.Cl. The van der Waals surface area contributed by atoms with Crippen molar-refractivity contribution in [1.82, 2.24) is 10.2 Å². The van der Waals surface area contributed by atoms with Crippen LogP contribution >= 0.6 is 12.4 Å². The van der Waals surface area contributed by atoms with Crippen LogP contribution in [0, 0.1) is 0 Å². The minimum Gasteiger partial charge on any atom is -0.490 e. The summed E-state index contributed by atoms with van der Waals surface area (Å²) in [4.78, 5) is 2.52. The molecule has 0 amide bonds. The van der Waals surface area contributed by atoms with Gasteiger partial charge in [-0.15, -0.1) is 12.4 Å². The Labute approximate surface area is 128 Å². The topological polar surface area (TPSA) is 24.5 Å². The first-order valence-corrected chi connectivity index (χ1v) is 7.04. The van der Waals surface area contributed by atoms with Crippen LogP contribution in [0.25, 0.3) is 0 Å². The molecule has 1 aliphatic heterocycles. The predicted molar refractivity (Wildman–Crippen MR) is 86.7 cm³/mol.